The van der Waals surface area contributed by atoms with E-state index in [1.54, 1.807) is 0 Å². The summed E-state index contributed by atoms with van der Waals surface area (Å²) >= 11 is 0. The number of likely N-dealkylation sites (N-methyl/N-ethyl adjacent to an activating group) is 1. The van der Waals surface area contributed by atoms with Gasteiger partial charge in [0.2, 0.25) is 0 Å². The molecular formula is C13H18F2N2O. The molecular weight excluding hydrogens is 238 g/mol. The summed E-state index contributed by atoms with van der Waals surface area (Å²) in [5.74, 6) is -2.73. The van der Waals surface area contributed by atoms with Gasteiger partial charge >= 0.3 is 0 Å². The Bertz CT molecular complexity index is 402. The number of likely N-dealkylation sites (tertiary alicyclic amines) is 1. The van der Waals surface area contributed by atoms with Crippen LogP contribution in [0, 0.1) is 11.6 Å². The second-order valence-corrected chi connectivity index (χ2v) is 4.89. The number of halogens is 2. The highest BCUT2D eigenvalue weighted by Crippen LogP contribution is 2.21. The van der Waals surface area contributed by atoms with E-state index >= 15 is 0 Å². The number of rotatable bonds is 3. The molecule has 1 atom stereocenters. The Hall–Kier alpha value is -1.20. The van der Waals surface area contributed by atoms with E-state index in [1.165, 1.54) is 0 Å². The second-order valence-electron chi connectivity index (χ2n) is 4.89. The molecule has 1 unspecified atom stereocenters. The molecule has 2 N–H and O–H groups in total. The third-order valence-corrected chi connectivity index (χ3v) is 3.30. The van der Waals surface area contributed by atoms with Crippen molar-refractivity contribution in [2.75, 3.05) is 20.1 Å². The van der Waals surface area contributed by atoms with Crippen molar-refractivity contribution in [1.82, 2.24) is 10.2 Å². The molecule has 0 saturated carbocycles. The van der Waals surface area contributed by atoms with E-state index in [-0.39, 0.29) is 0 Å². The number of hydrogen-bond donors (Lipinski definition) is 2. The number of nitrogens with zero attached hydrogens (tertiary/aromatic N) is 1. The van der Waals surface area contributed by atoms with Crippen LogP contribution in [-0.4, -0.2) is 36.2 Å². The fraction of sp³-hybridized carbons (Fsp3) is 0.538. The van der Waals surface area contributed by atoms with Crippen LogP contribution in [0.15, 0.2) is 12.1 Å². The number of phenolic OH excluding ortho intramolecular Hbond substituents is 1. The summed E-state index contributed by atoms with van der Waals surface area (Å²) in [6.45, 7) is 2.45. The number of phenols is 1. The minimum atomic E-state index is -0.910. The molecule has 0 spiro atoms. The SMILES string of the molecule is CN1CCCC(NCc2cc(F)c(O)c(F)c2)C1. The van der Waals surface area contributed by atoms with Crippen LogP contribution in [0.5, 0.6) is 5.75 Å². The molecule has 1 aliphatic rings. The monoisotopic (exact) mass is 256 g/mol. The molecule has 0 aliphatic carbocycles. The van der Waals surface area contributed by atoms with Crippen molar-refractivity contribution in [3.05, 3.63) is 29.3 Å². The quantitative estimate of drug-likeness (QED) is 0.866. The molecule has 1 aromatic carbocycles. The van der Waals surface area contributed by atoms with E-state index in [1.807, 2.05) is 0 Å². The van der Waals surface area contributed by atoms with Crippen LogP contribution in [0.4, 0.5) is 8.78 Å². The Labute approximate surface area is 105 Å². The lowest BCUT2D eigenvalue weighted by atomic mass is 10.1. The van der Waals surface area contributed by atoms with E-state index in [9.17, 15) is 8.78 Å². The minimum Gasteiger partial charge on any atom is -0.503 e. The van der Waals surface area contributed by atoms with Crippen LogP contribution in [0.25, 0.3) is 0 Å². The molecule has 1 aliphatic heterocycles. The number of benzene rings is 1. The maximum absolute atomic E-state index is 13.1. The summed E-state index contributed by atoms with van der Waals surface area (Å²) in [4.78, 5) is 2.24. The van der Waals surface area contributed by atoms with Gasteiger partial charge in [0, 0.05) is 19.1 Å². The first-order valence-corrected chi connectivity index (χ1v) is 6.15. The molecule has 100 valence electrons. The van der Waals surface area contributed by atoms with Crippen LogP contribution >= 0.6 is 0 Å². The highest BCUT2D eigenvalue weighted by molar-refractivity contribution is 5.29. The van der Waals surface area contributed by atoms with Crippen molar-refractivity contribution in [3.8, 4) is 5.75 Å². The number of aromatic hydroxyl groups is 1. The zero-order valence-corrected chi connectivity index (χ0v) is 10.4. The largest absolute Gasteiger partial charge is 0.503 e. The smallest absolute Gasteiger partial charge is 0.187 e. The first-order chi connectivity index (χ1) is 8.56. The van der Waals surface area contributed by atoms with Gasteiger partial charge in [0.25, 0.3) is 0 Å². The van der Waals surface area contributed by atoms with Gasteiger partial charge in [-0.3, -0.25) is 0 Å². The standard InChI is InChI=1S/C13H18F2N2O/c1-17-4-2-3-10(8-17)16-7-9-5-11(14)13(18)12(15)6-9/h5-6,10,16,18H,2-4,7-8H2,1H3. The van der Waals surface area contributed by atoms with Gasteiger partial charge in [-0.2, -0.15) is 0 Å². The Morgan fingerprint density at radius 2 is 2.06 bits per heavy atom. The van der Waals surface area contributed by atoms with Gasteiger partial charge in [-0.25, -0.2) is 8.78 Å². The molecule has 1 heterocycles. The lowest BCUT2D eigenvalue weighted by Gasteiger charge is -2.30. The van der Waals surface area contributed by atoms with Gasteiger partial charge in [-0.05, 0) is 44.1 Å². The normalized spacial score (nSPS) is 21.2. The van der Waals surface area contributed by atoms with E-state index in [4.69, 9.17) is 5.11 Å². The molecule has 0 aromatic heterocycles. The molecule has 1 saturated heterocycles. The van der Waals surface area contributed by atoms with E-state index in [2.05, 4.69) is 17.3 Å². The van der Waals surface area contributed by atoms with Gasteiger partial charge < -0.3 is 15.3 Å². The molecule has 3 nitrogen and oxygen atoms in total. The first-order valence-electron chi connectivity index (χ1n) is 6.15. The van der Waals surface area contributed by atoms with Crippen molar-refractivity contribution in [2.24, 2.45) is 0 Å². The highest BCUT2D eigenvalue weighted by Gasteiger charge is 2.17. The summed E-state index contributed by atoms with van der Waals surface area (Å²) in [6.07, 6.45) is 2.21. The Kier molecular flexibility index (Phi) is 4.14. The third-order valence-electron chi connectivity index (χ3n) is 3.30. The fourth-order valence-corrected chi connectivity index (χ4v) is 2.32. The Morgan fingerprint density at radius 3 is 2.67 bits per heavy atom. The molecule has 1 fully saturated rings. The first kappa shape index (κ1) is 13.2. The van der Waals surface area contributed by atoms with Crippen molar-refractivity contribution in [2.45, 2.75) is 25.4 Å². The van der Waals surface area contributed by atoms with Crippen LogP contribution in [0.3, 0.4) is 0 Å². The van der Waals surface area contributed by atoms with Crippen LogP contribution in [0.1, 0.15) is 18.4 Å². The molecule has 5 heteroatoms. The molecule has 0 amide bonds. The van der Waals surface area contributed by atoms with Crippen molar-refractivity contribution in [3.63, 3.8) is 0 Å². The number of hydrogen-bond acceptors (Lipinski definition) is 3. The minimum absolute atomic E-state index is 0.351. The second kappa shape index (κ2) is 5.63. The van der Waals surface area contributed by atoms with Gasteiger partial charge in [-0.1, -0.05) is 0 Å². The average Bonchev–Trinajstić information content (AvgIpc) is 2.33. The van der Waals surface area contributed by atoms with Crippen LogP contribution < -0.4 is 5.32 Å². The zero-order chi connectivity index (χ0) is 13.1. The van der Waals surface area contributed by atoms with Crippen molar-refractivity contribution >= 4 is 0 Å². The molecule has 18 heavy (non-hydrogen) atoms. The van der Waals surface area contributed by atoms with Gasteiger partial charge in [-0.15, -0.1) is 0 Å². The van der Waals surface area contributed by atoms with E-state index < -0.39 is 17.4 Å². The van der Waals surface area contributed by atoms with Crippen molar-refractivity contribution < 1.29 is 13.9 Å². The van der Waals surface area contributed by atoms with Gasteiger partial charge in [0.1, 0.15) is 0 Å². The van der Waals surface area contributed by atoms with E-state index in [0.717, 1.165) is 38.1 Å². The van der Waals surface area contributed by atoms with Crippen LogP contribution in [0.2, 0.25) is 0 Å². The highest BCUT2D eigenvalue weighted by atomic mass is 19.1. The molecule has 0 radical (unpaired) electrons. The summed E-state index contributed by atoms with van der Waals surface area (Å²) < 4.78 is 26.3. The predicted molar refractivity (Wildman–Crippen MR) is 65.4 cm³/mol. The third kappa shape index (κ3) is 3.17. The maximum atomic E-state index is 13.1. The number of piperidine rings is 1. The van der Waals surface area contributed by atoms with Gasteiger partial charge in [0.15, 0.2) is 17.4 Å². The van der Waals surface area contributed by atoms with E-state index in [0.29, 0.717) is 18.2 Å². The lowest BCUT2D eigenvalue weighted by Crippen LogP contribution is -2.43. The summed E-state index contributed by atoms with van der Waals surface area (Å²) in [5, 5.41) is 12.3. The maximum Gasteiger partial charge on any atom is 0.187 e. The molecule has 0 bridgehead atoms. The topological polar surface area (TPSA) is 35.5 Å². The Balaban J connectivity index is 1.94. The lowest BCUT2D eigenvalue weighted by molar-refractivity contribution is 0.226. The number of nitrogens with one attached hydrogen (secondary N) is 1. The van der Waals surface area contributed by atoms with Gasteiger partial charge in [0.05, 0.1) is 0 Å². The molecule has 1 aromatic rings. The Morgan fingerprint density at radius 1 is 1.39 bits per heavy atom. The zero-order valence-electron chi connectivity index (χ0n) is 10.4. The van der Waals surface area contributed by atoms with Crippen LogP contribution in [-0.2, 0) is 6.54 Å². The predicted octanol–water partition coefficient (Wildman–Crippen LogP) is 1.85. The van der Waals surface area contributed by atoms with Crippen molar-refractivity contribution in [1.29, 1.82) is 0 Å². The average molecular weight is 256 g/mol. The summed E-state index contributed by atoms with van der Waals surface area (Å²) in [5.41, 5.74) is 0.510. The molecule has 2 rings (SSSR count). The summed E-state index contributed by atoms with van der Waals surface area (Å²) in [7, 11) is 2.06. The fourth-order valence-electron chi connectivity index (χ4n) is 2.32. The summed E-state index contributed by atoms with van der Waals surface area (Å²) in [6, 6.07) is 2.68.